The summed E-state index contributed by atoms with van der Waals surface area (Å²) in [7, 11) is 0.656. The molecule has 3 fully saturated rings. The average molecular weight is 357 g/mol. The topological polar surface area (TPSA) is 9.23 Å². The lowest BCUT2D eigenvalue weighted by Crippen LogP contribution is -2.41. The summed E-state index contributed by atoms with van der Waals surface area (Å²) in [6.45, 7) is 5.51. The van der Waals surface area contributed by atoms with Crippen LogP contribution in [0.25, 0.3) is 0 Å². The van der Waals surface area contributed by atoms with E-state index in [1.165, 1.54) is 44.9 Å². The van der Waals surface area contributed by atoms with Crippen molar-refractivity contribution in [2.45, 2.75) is 87.9 Å². The lowest BCUT2D eigenvalue weighted by atomic mass is 9.71. The fourth-order valence-corrected chi connectivity index (χ4v) is 11.9. The van der Waals surface area contributed by atoms with E-state index in [1.807, 2.05) is 0 Å². The first-order valence-electron chi connectivity index (χ1n) is 10.7. The molecule has 0 heterocycles. The summed E-state index contributed by atoms with van der Waals surface area (Å²) in [6, 6.07) is 9.03. The molecule has 2 heteroatoms. The van der Waals surface area contributed by atoms with E-state index < -0.39 is 8.07 Å². The summed E-state index contributed by atoms with van der Waals surface area (Å²) in [6.07, 6.45) is 13.5. The van der Waals surface area contributed by atoms with Gasteiger partial charge in [-0.1, -0.05) is 70.2 Å². The number of ether oxygens (including phenoxy) is 1. The van der Waals surface area contributed by atoms with Crippen LogP contribution >= 0.6 is 0 Å². The Hall–Kier alpha value is -0.763. The normalized spacial score (nSPS) is 33.4. The molecule has 4 atom stereocenters. The van der Waals surface area contributed by atoms with Crippen molar-refractivity contribution >= 4 is 8.07 Å². The minimum absolute atomic E-state index is 0.808. The molecule has 0 aromatic heterocycles. The van der Waals surface area contributed by atoms with Crippen molar-refractivity contribution in [3.8, 4) is 5.75 Å². The molecule has 3 aliphatic carbocycles. The predicted octanol–water partition coefficient (Wildman–Crippen LogP) is 7.01. The van der Waals surface area contributed by atoms with Gasteiger partial charge in [0.2, 0.25) is 0 Å². The second kappa shape index (κ2) is 7.10. The van der Waals surface area contributed by atoms with E-state index in [0.717, 1.165) is 34.6 Å². The second-order valence-electron chi connectivity index (χ2n) is 9.62. The zero-order chi connectivity index (χ0) is 17.4. The maximum Gasteiger partial charge on any atom is 0.118 e. The molecular weight excluding hydrogens is 320 g/mol. The molecule has 1 aromatic rings. The van der Waals surface area contributed by atoms with Crippen LogP contribution in [-0.2, 0) is 0 Å². The molecular formula is C23H36OSi. The van der Waals surface area contributed by atoms with Gasteiger partial charge in [-0.3, -0.25) is 0 Å². The van der Waals surface area contributed by atoms with Crippen molar-refractivity contribution in [1.82, 2.24) is 0 Å². The van der Waals surface area contributed by atoms with Crippen molar-refractivity contribution < 1.29 is 4.74 Å². The number of hydrogen-bond acceptors (Lipinski definition) is 1. The number of hydrogen-bond donors (Lipinski definition) is 0. The van der Waals surface area contributed by atoms with Crippen LogP contribution in [0.2, 0.25) is 24.2 Å². The molecule has 0 spiro atoms. The first-order valence-corrected chi connectivity index (χ1v) is 13.9. The van der Waals surface area contributed by atoms with Crippen LogP contribution in [0.5, 0.6) is 5.75 Å². The standard InChI is InChI=1S/C23H36OSi/c1-24-18-13-11-17(12-14-18)20-9-6-10-22-21(20)15-16-23(22)25(2,3)19-7-4-5-8-19/h11-14,19-23H,4-10,15-16H2,1-3H3. The van der Waals surface area contributed by atoms with Crippen LogP contribution in [0, 0.1) is 11.8 Å². The monoisotopic (exact) mass is 356 g/mol. The van der Waals surface area contributed by atoms with Gasteiger partial charge in [0.05, 0.1) is 15.2 Å². The van der Waals surface area contributed by atoms with Crippen molar-refractivity contribution in [3.63, 3.8) is 0 Å². The van der Waals surface area contributed by atoms with Crippen LogP contribution in [0.15, 0.2) is 24.3 Å². The van der Waals surface area contributed by atoms with E-state index >= 15 is 0 Å². The fraction of sp³-hybridized carbons (Fsp3) is 0.739. The molecule has 1 aromatic carbocycles. The molecule has 138 valence electrons. The van der Waals surface area contributed by atoms with Gasteiger partial charge in [-0.25, -0.2) is 0 Å². The minimum Gasteiger partial charge on any atom is -0.497 e. The summed E-state index contributed by atoms with van der Waals surface area (Å²) in [4.78, 5) is 0. The molecule has 3 saturated carbocycles. The highest BCUT2D eigenvalue weighted by molar-refractivity contribution is 6.80. The smallest absolute Gasteiger partial charge is 0.118 e. The zero-order valence-corrected chi connectivity index (χ0v) is 17.5. The minimum atomic E-state index is -1.11. The Labute approximate surface area is 155 Å². The quantitative estimate of drug-likeness (QED) is 0.527. The van der Waals surface area contributed by atoms with Crippen molar-refractivity contribution in [2.75, 3.05) is 7.11 Å². The molecule has 4 rings (SSSR count). The maximum absolute atomic E-state index is 5.37. The lowest BCUT2D eigenvalue weighted by molar-refractivity contribution is 0.235. The highest BCUT2D eigenvalue weighted by Gasteiger charge is 2.51. The third-order valence-electron chi connectivity index (χ3n) is 8.35. The largest absolute Gasteiger partial charge is 0.497 e. The number of benzene rings is 1. The molecule has 4 unspecified atom stereocenters. The van der Waals surface area contributed by atoms with Crippen LogP contribution in [-0.4, -0.2) is 15.2 Å². The van der Waals surface area contributed by atoms with Gasteiger partial charge in [0.15, 0.2) is 0 Å². The van der Waals surface area contributed by atoms with Gasteiger partial charge in [-0.15, -0.1) is 0 Å². The van der Waals surface area contributed by atoms with Gasteiger partial charge >= 0.3 is 0 Å². The van der Waals surface area contributed by atoms with Gasteiger partial charge < -0.3 is 4.74 Å². The van der Waals surface area contributed by atoms with Crippen molar-refractivity contribution in [1.29, 1.82) is 0 Å². The molecule has 0 aliphatic heterocycles. The molecule has 0 N–H and O–H groups in total. The molecule has 0 radical (unpaired) electrons. The molecule has 0 bridgehead atoms. The maximum atomic E-state index is 5.37. The lowest BCUT2D eigenvalue weighted by Gasteiger charge is -2.43. The molecule has 25 heavy (non-hydrogen) atoms. The van der Waals surface area contributed by atoms with Crippen LogP contribution < -0.4 is 4.74 Å². The summed E-state index contributed by atoms with van der Waals surface area (Å²) >= 11 is 0. The van der Waals surface area contributed by atoms with Crippen LogP contribution in [0.1, 0.15) is 69.3 Å². The second-order valence-corrected chi connectivity index (χ2v) is 14.8. The summed E-state index contributed by atoms with van der Waals surface area (Å²) < 4.78 is 5.37. The third-order valence-corrected chi connectivity index (χ3v) is 13.7. The Morgan fingerprint density at radius 1 is 0.800 bits per heavy atom. The summed E-state index contributed by atoms with van der Waals surface area (Å²) in [5.74, 6) is 3.79. The Balaban J connectivity index is 1.53. The van der Waals surface area contributed by atoms with E-state index in [9.17, 15) is 0 Å². The van der Waals surface area contributed by atoms with E-state index in [0.29, 0.717) is 0 Å². The summed E-state index contributed by atoms with van der Waals surface area (Å²) in [5.41, 5.74) is 3.80. The molecule has 0 amide bonds. The Kier molecular flexibility index (Phi) is 5.01. The first-order chi connectivity index (χ1) is 12.1. The van der Waals surface area contributed by atoms with Gasteiger partial charge in [0.25, 0.3) is 0 Å². The van der Waals surface area contributed by atoms with E-state index in [2.05, 4.69) is 37.4 Å². The number of methoxy groups -OCH3 is 1. The van der Waals surface area contributed by atoms with E-state index in [-0.39, 0.29) is 0 Å². The highest BCUT2D eigenvalue weighted by Crippen LogP contribution is 2.60. The Bertz CT molecular complexity index is 572. The highest BCUT2D eigenvalue weighted by atomic mass is 28.3. The van der Waals surface area contributed by atoms with Gasteiger partial charge in [-0.05, 0) is 59.4 Å². The van der Waals surface area contributed by atoms with Crippen LogP contribution in [0.4, 0.5) is 0 Å². The summed E-state index contributed by atoms with van der Waals surface area (Å²) in [5, 5.41) is 0. The molecule has 3 aliphatic rings. The van der Waals surface area contributed by atoms with E-state index in [4.69, 9.17) is 4.74 Å². The Morgan fingerprint density at radius 2 is 1.52 bits per heavy atom. The third kappa shape index (κ3) is 3.20. The van der Waals surface area contributed by atoms with E-state index in [1.54, 1.807) is 25.5 Å². The average Bonchev–Trinajstić information content (AvgIpc) is 3.31. The Morgan fingerprint density at radius 3 is 2.20 bits per heavy atom. The van der Waals surface area contributed by atoms with Gasteiger partial charge in [0, 0.05) is 0 Å². The SMILES string of the molecule is COc1ccc(C2CCCC3C2CCC3[Si](C)(C)C2CCCC2)cc1. The van der Waals surface area contributed by atoms with Gasteiger partial charge in [0.1, 0.15) is 5.75 Å². The van der Waals surface area contributed by atoms with Crippen LogP contribution in [0.3, 0.4) is 0 Å². The number of fused-ring (bicyclic) bond motifs is 1. The zero-order valence-electron chi connectivity index (χ0n) is 16.5. The molecule has 0 saturated heterocycles. The van der Waals surface area contributed by atoms with Crippen molar-refractivity contribution in [2.24, 2.45) is 11.8 Å². The fourth-order valence-electron chi connectivity index (χ4n) is 6.96. The van der Waals surface area contributed by atoms with Crippen molar-refractivity contribution in [3.05, 3.63) is 29.8 Å². The molecule has 1 nitrogen and oxygen atoms in total. The number of rotatable bonds is 4. The first kappa shape index (κ1) is 17.6. The van der Waals surface area contributed by atoms with Gasteiger partial charge in [-0.2, -0.15) is 0 Å². The predicted molar refractivity (Wildman–Crippen MR) is 109 cm³/mol.